The van der Waals surface area contributed by atoms with E-state index < -0.39 is 5.91 Å². The summed E-state index contributed by atoms with van der Waals surface area (Å²) >= 11 is 0. The van der Waals surface area contributed by atoms with E-state index in [1.54, 1.807) is 25.3 Å². The van der Waals surface area contributed by atoms with Crippen molar-refractivity contribution < 1.29 is 9.90 Å². The van der Waals surface area contributed by atoms with Crippen LogP contribution >= 0.6 is 0 Å². The Labute approximate surface area is 94.9 Å². The average molecular weight is 223 g/mol. The lowest BCUT2D eigenvalue weighted by molar-refractivity contribution is 0.0995. The maximum Gasteiger partial charge on any atom is 0.267 e. The van der Waals surface area contributed by atoms with Gasteiger partial charge in [0.1, 0.15) is 5.69 Å². The van der Waals surface area contributed by atoms with Gasteiger partial charge in [0.15, 0.2) is 0 Å². The van der Waals surface area contributed by atoms with Gasteiger partial charge in [-0.05, 0) is 25.5 Å². The van der Waals surface area contributed by atoms with Crippen LogP contribution in [0.2, 0.25) is 0 Å². The molecule has 0 fully saturated rings. The van der Waals surface area contributed by atoms with Crippen LogP contribution in [0.15, 0.2) is 18.3 Å². The van der Waals surface area contributed by atoms with E-state index in [2.05, 4.69) is 4.98 Å². The summed E-state index contributed by atoms with van der Waals surface area (Å²) in [5.41, 5.74) is 6.26. The van der Waals surface area contributed by atoms with Crippen molar-refractivity contribution in [2.75, 3.05) is 18.5 Å². The van der Waals surface area contributed by atoms with E-state index in [0.29, 0.717) is 13.0 Å². The van der Waals surface area contributed by atoms with Crippen LogP contribution in [0.1, 0.15) is 23.8 Å². The van der Waals surface area contributed by atoms with Crippen LogP contribution in [0.5, 0.6) is 0 Å². The molecule has 0 saturated carbocycles. The first-order chi connectivity index (χ1) is 7.50. The zero-order valence-corrected chi connectivity index (χ0v) is 9.55. The second kappa shape index (κ2) is 5.46. The molecule has 1 atom stereocenters. The molecule has 1 amide bonds. The first-order valence-corrected chi connectivity index (χ1v) is 5.15. The van der Waals surface area contributed by atoms with E-state index in [0.717, 1.165) is 5.69 Å². The van der Waals surface area contributed by atoms with Crippen molar-refractivity contribution >= 4 is 11.6 Å². The van der Waals surface area contributed by atoms with Gasteiger partial charge in [-0.1, -0.05) is 0 Å². The van der Waals surface area contributed by atoms with Crippen molar-refractivity contribution in [1.82, 2.24) is 4.98 Å². The van der Waals surface area contributed by atoms with Gasteiger partial charge in [-0.2, -0.15) is 0 Å². The first kappa shape index (κ1) is 12.4. The zero-order chi connectivity index (χ0) is 12.1. The fraction of sp³-hybridized carbons (Fsp3) is 0.455. The number of hydrogen-bond donors (Lipinski definition) is 2. The lowest BCUT2D eigenvalue weighted by Crippen LogP contribution is -2.22. The van der Waals surface area contributed by atoms with Gasteiger partial charge in [-0.25, -0.2) is 0 Å². The topological polar surface area (TPSA) is 79.4 Å². The Morgan fingerprint density at radius 1 is 1.69 bits per heavy atom. The minimum atomic E-state index is -0.536. The first-order valence-electron chi connectivity index (χ1n) is 5.15. The lowest BCUT2D eigenvalue weighted by Gasteiger charge is -2.20. The fourth-order valence-electron chi connectivity index (χ4n) is 1.30. The molecule has 5 heteroatoms. The van der Waals surface area contributed by atoms with Gasteiger partial charge in [0, 0.05) is 25.5 Å². The molecule has 0 aliphatic heterocycles. The maximum absolute atomic E-state index is 10.9. The third-order valence-corrected chi connectivity index (χ3v) is 2.32. The van der Waals surface area contributed by atoms with Crippen molar-refractivity contribution in [3.05, 3.63) is 24.0 Å². The maximum atomic E-state index is 10.9. The normalized spacial score (nSPS) is 12.2. The van der Waals surface area contributed by atoms with Crippen molar-refractivity contribution in [3.63, 3.8) is 0 Å². The molecule has 0 bridgehead atoms. The molecule has 1 rings (SSSR count). The standard InChI is InChI=1S/C11H17N3O2/c1-8(15)4-6-14(2)9-3-5-13-10(7-9)11(12)16/h3,5,7-8,15H,4,6H2,1-2H3,(H2,12,16). The second-order valence-electron chi connectivity index (χ2n) is 3.82. The van der Waals surface area contributed by atoms with Crippen LogP contribution in [-0.4, -0.2) is 35.7 Å². The van der Waals surface area contributed by atoms with E-state index in [9.17, 15) is 9.90 Å². The van der Waals surface area contributed by atoms with Gasteiger partial charge in [0.25, 0.3) is 5.91 Å². The van der Waals surface area contributed by atoms with Crippen LogP contribution in [0, 0.1) is 0 Å². The molecule has 0 spiro atoms. The number of hydrogen-bond acceptors (Lipinski definition) is 4. The number of nitrogens with zero attached hydrogens (tertiary/aromatic N) is 2. The van der Waals surface area contributed by atoms with Crippen LogP contribution < -0.4 is 10.6 Å². The minimum Gasteiger partial charge on any atom is -0.393 e. The molecule has 0 aromatic carbocycles. The number of aromatic nitrogens is 1. The Balaban J connectivity index is 2.71. The van der Waals surface area contributed by atoms with E-state index in [-0.39, 0.29) is 11.8 Å². The average Bonchev–Trinajstić information content (AvgIpc) is 2.26. The third kappa shape index (κ3) is 3.51. The highest BCUT2D eigenvalue weighted by Crippen LogP contribution is 2.13. The molecule has 3 N–H and O–H groups in total. The predicted molar refractivity (Wildman–Crippen MR) is 62.3 cm³/mol. The highest BCUT2D eigenvalue weighted by Gasteiger charge is 2.07. The number of aliphatic hydroxyl groups excluding tert-OH is 1. The number of carbonyl (C=O) groups is 1. The van der Waals surface area contributed by atoms with Crippen molar-refractivity contribution in [2.24, 2.45) is 5.73 Å². The summed E-state index contributed by atoms with van der Waals surface area (Å²) in [6, 6.07) is 3.44. The van der Waals surface area contributed by atoms with E-state index in [4.69, 9.17) is 5.73 Å². The van der Waals surface area contributed by atoms with Gasteiger partial charge in [0.2, 0.25) is 0 Å². The molecular weight excluding hydrogens is 206 g/mol. The number of carbonyl (C=O) groups excluding carboxylic acids is 1. The molecule has 88 valence electrons. The molecule has 0 aliphatic rings. The smallest absolute Gasteiger partial charge is 0.267 e. The summed E-state index contributed by atoms with van der Waals surface area (Å²) in [5.74, 6) is -0.536. The van der Waals surface area contributed by atoms with E-state index >= 15 is 0 Å². The third-order valence-electron chi connectivity index (χ3n) is 2.32. The molecule has 1 aromatic heterocycles. The van der Waals surface area contributed by atoms with Crippen LogP contribution in [-0.2, 0) is 0 Å². The number of amides is 1. The fourth-order valence-corrected chi connectivity index (χ4v) is 1.30. The largest absolute Gasteiger partial charge is 0.393 e. The SMILES string of the molecule is CC(O)CCN(C)c1ccnc(C(N)=O)c1. The van der Waals surface area contributed by atoms with Crippen LogP contribution in [0.4, 0.5) is 5.69 Å². The number of nitrogens with two attached hydrogens (primary N) is 1. The number of pyridine rings is 1. The summed E-state index contributed by atoms with van der Waals surface area (Å²) in [5, 5.41) is 9.18. The summed E-state index contributed by atoms with van der Waals surface area (Å²) in [7, 11) is 1.89. The zero-order valence-electron chi connectivity index (χ0n) is 9.55. The minimum absolute atomic E-state index is 0.251. The summed E-state index contributed by atoms with van der Waals surface area (Å²) < 4.78 is 0. The quantitative estimate of drug-likeness (QED) is 0.756. The highest BCUT2D eigenvalue weighted by atomic mass is 16.3. The van der Waals surface area contributed by atoms with Gasteiger partial charge >= 0.3 is 0 Å². The van der Waals surface area contributed by atoms with Crippen molar-refractivity contribution in [1.29, 1.82) is 0 Å². The molecule has 1 unspecified atom stereocenters. The summed E-state index contributed by atoms with van der Waals surface area (Å²) in [4.78, 5) is 16.8. The molecule has 1 aromatic rings. The van der Waals surface area contributed by atoms with Crippen LogP contribution in [0.25, 0.3) is 0 Å². The molecule has 0 radical (unpaired) electrons. The monoisotopic (exact) mass is 223 g/mol. The van der Waals surface area contributed by atoms with Gasteiger partial charge in [0.05, 0.1) is 6.10 Å². The van der Waals surface area contributed by atoms with Crippen LogP contribution in [0.3, 0.4) is 0 Å². The Hall–Kier alpha value is -1.62. The number of primary amides is 1. The molecule has 0 aliphatic carbocycles. The molecule has 5 nitrogen and oxygen atoms in total. The molecule has 0 saturated heterocycles. The van der Waals surface area contributed by atoms with Crippen molar-refractivity contribution in [3.8, 4) is 0 Å². The summed E-state index contributed by atoms with van der Waals surface area (Å²) in [6.07, 6.45) is 1.89. The molecular formula is C11H17N3O2. The number of aliphatic hydroxyl groups is 1. The Bertz CT molecular complexity index is 366. The van der Waals surface area contributed by atoms with Gasteiger partial charge in [-0.15, -0.1) is 0 Å². The van der Waals surface area contributed by atoms with E-state index in [1.165, 1.54) is 0 Å². The predicted octanol–water partition coefficient (Wildman–Crippen LogP) is 0.388. The molecule has 16 heavy (non-hydrogen) atoms. The van der Waals surface area contributed by atoms with Gasteiger partial charge < -0.3 is 15.7 Å². The summed E-state index contributed by atoms with van der Waals surface area (Å²) in [6.45, 7) is 2.45. The van der Waals surface area contributed by atoms with Crippen molar-refractivity contribution in [2.45, 2.75) is 19.4 Å². The second-order valence-corrected chi connectivity index (χ2v) is 3.82. The van der Waals surface area contributed by atoms with Gasteiger partial charge in [-0.3, -0.25) is 9.78 Å². The van der Waals surface area contributed by atoms with E-state index in [1.807, 2.05) is 11.9 Å². The molecule has 1 heterocycles. The Morgan fingerprint density at radius 2 is 2.38 bits per heavy atom. The Kier molecular flexibility index (Phi) is 4.25. The lowest BCUT2D eigenvalue weighted by atomic mass is 10.2. The number of anilines is 1. The highest BCUT2D eigenvalue weighted by molar-refractivity contribution is 5.91. The number of rotatable bonds is 5. The Morgan fingerprint density at radius 3 is 2.94 bits per heavy atom.